The van der Waals surface area contributed by atoms with Crippen LogP contribution >= 0.6 is 0 Å². The lowest BCUT2D eigenvalue weighted by Gasteiger charge is -2.51. The summed E-state index contributed by atoms with van der Waals surface area (Å²) in [4.78, 5) is 13.8. The summed E-state index contributed by atoms with van der Waals surface area (Å²) < 4.78 is 71.4. The molecule has 5 aromatic rings. The van der Waals surface area contributed by atoms with Gasteiger partial charge in [-0.2, -0.15) is 0 Å². The number of ether oxygens (including phenoxy) is 10. The number of esters is 1. The lowest BCUT2D eigenvalue weighted by molar-refractivity contribution is -0.362. The molecule has 4 unspecified atom stereocenters. The maximum absolute atomic E-state index is 13.8. The molecule has 0 radical (unpaired) electrons. The summed E-state index contributed by atoms with van der Waals surface area (Å²) >= 11 is 0. The predicted octanol–water partition coefficient (Wildman–Crippen LogP) is 7.34. The molecule has 1 N–H and O–H groups in total. The van der Waals surface area contributed by atoms with E-state index in [-0.39, 0.29) is 31.5 Å². The standard InChI is InChI=1S/C56H68O13Si/c1-10-56(54(58)62-9)52(57)50(61-8)51(65-34-39-20-14-11-15-21-39)53(69-56)68-48-46(37-66-70(55(3,4)5,44-22-16-12-17-23-44)45-24-18-13-19-25-45)67-38(2)47(63-35-40-26-30-42(59-6)31-27-40)49(48)64-36-41-28-32-43(60-7)33-29-41/h10-33,38,46-53,57H,1,34-37H2,2-9H3/t38-,46?,47?,48-,49+,50-,51?,52+,53-,56?/m1/s1. The third kappa shape index (κ3) is 11.4. The molecule has 2 fully saturated rings. The van der Waals surface area contributed by atoms with Crippen LogP contribution < -0.4 is 19.8 Å². The van der Waals surface area contributed by atoms with Gasteiger partial charge in [-0.25, -0.2) is 4.79 Å². The molecular formula is C56H68O13Si. The van der Waals surface area contributed by atoms with E-state index in [0.717, 1.165) is 32.8 Å². The van der Waals surface area contributed by atoms with Crippen LogP contribution in [0.3, 0.4) is 0 Å². The number of aliphatic hydroxyl groups excluding tert-OH is 1. The van der Waals surface area contributed by atoms with Crippen LogP contribution in [-0.2, 0) is 66.9 Å². The number of aliphatic hydroxyl groups is 1. The Labute approximate surface area is 413 Å². The van der Waals surface area contributed by atoms with Gasteiger partial charge in [-0.3, -0.25) is 0 Å². The zero-order valence-electron chi connectivity index (χ0n) is 41.4. The number of hydrogen-bond acceptors (Lipinski definition) is 13. The Morgan fingerprint density at radius 2 is 1.13 bits per heavy atom. The molecule has 14 heteroatoms. The molecule has 2 heterocycles. The molecule has 0 saturated carbocycles. The van der Waals surface area contributed by atoms with Crippen molar-refractivity contribution in [3.63, 3.8) is 0 Å². The Morgan fingerprint density at radius 3 is 1.59 bits per heavy atom. The van der Waals surface area contributed by atoms with Crippen molar-refractivity contribution in [2.75, 3.05) is 35.0 Å². The van der Waals surface area contributed by atoms with Crippen LogP contribution in [0.2, 0.25) is 5.04 Å². The highest BCUT2D eigenvalue weighted by atomic mass is 28.4. The van der Waals surface area contributed by atoms with Gasteiger partial charge in [-0.15, -0.1) is 0 Å². The van der Waals surface area contributed by atoms with Crippen LogP contribution in [0.1, 0.15) is 44.4 Å². The molecule has 0 aliphatic carbocycles. The lowest BCUT2D eigenvalue weighted by Crippen LogP contribution is -2.71. The first-order valence-electron chi connectivity index (χ1n) is 23.6. The van der Waals surface area contributed by atoms with E-state index in [1.807, 2.05) is 122 Å². The van der Waals surface area contributed by atoms with Crippen molar-refractivity contribution >= 4 is 24.7 Å². The van der Waals surface area contributed by atoms with E-state index in [0.29, 0.717) is 5.75 Å². The summed E-state index contributed by atoms with van der Waals surface area (Å²) in [7, 11) is 2.71. The van der Waals surface area contributed by atoms with Crippen molar-refractivity contribution in [3.05, 3.63) is 169 Å². The molecule has 7 rings (SSSR count). The van der Waals surface area contributed by atoms with E-state index in [1.54, 1.807) is 14.2 Å². The molecule has 2 aliphatic heterocycles. The molecule has 0 amide bonds. The van der Waals surface area contributed by atoms with Gasteiger partial charge in [-0.1, -0.05) is 143 Å². The minimum Gasteiger partial charge on any atom is -0.497 e. The Hall–Kier alpha value is -5.23. The van der Waals surface area contributed by atoms with Crippen LogP contribution in [0.5, 0.6) is 11.5 Å². The second-order valence-corrected chi connectivity index (χ2v) is 22.9. The Balaban J connectivity index is 1.36. The average molecular weight is 977 g/mol. The van der Waals surface area contributed by atoms with Gasteiger partial charge in [0, 0.05) is 7.11 Å². The van der Waals surface area contributed by atoms with Crippen molar-refractivity contribution < 1.29 is 61.7 Å². The van der Waals surface area contributed by atoms with E-state index in [1.165, 1.54) is 20.3 Å². The van der Waals surface area contributed by atoms with Crippen LogP contribution in [0, 0.1) is 0 Å². The summed E-state index contributed by atoms with van der Waals surface area (Å²) in [6.07, 6.45) is -8.24. The summed E-state index contributed by atoms with van der Waals surface area (Å²) in [6.45, 7) is 13.0. The van der Waals surface area contributed by atoms with E-state index in [9.17, 15) is 9.90 Å². The molecule has 70 heavy (non-hydrogen) atoms. The number of rotatable bonds is 21. The molecule has 2 saturated heterocycles. The second kappa shape index (κ2) is 23.8. The van der Waals surface area contributed by atoms with E-state index in [2.05, 4.69) is 51.6 Å². The van der Waals surface area contributed by atoms with Crippen LogP contribution in [0.4, 0.5) is 0 Å². The zero-order chi connectivity index (χ0) is 49.9. The highest BCUT2D eigenvalue weighted by Gasteiger charge is 2.61. The summed E-state index contributed by atoms with van der Waals surface area (Å²) in [5.74, 6) is 0.517. The topological polar surface area (TPSA) is 139 Å². The fraction of sp³-hybridized carbons (Fsp3) is 0.411. The lowest BCUT2D eigenvalue weighted by atomic mass is 9.86. The van der Waals surface area contributed by atoms with Crippen molar-refractivity contribution in [1.29, 1.82) is 0 Å². The Kier molecular flexibility index (Phi) is 17.9. The van der Waals surface area contributed by atoms with Crippen molar-refractivity contribution in [3.8, 4) is 11.5 Å². The number of carbonyl (C=O) groups excluding carboxylic acids is 1. The predicted molar refractivity (Wildman–Crippen MR) is 268 cm³/mol. The monoisotopic (exact) mass is 976 g/mol. The quantitative estimate of drug-likeness (QED) is 0.0447. The van der Waals surface area contributed by atoms with Crippen molar-refractivity contribution in [2.24, 2.45) is 0 Å². The average Bonchev–Trinajstić information content (AvgIpc) is 3.39. The molecule has 2 aliphatic rings. The van der Waals surface area contributed by atoms with E-state index in [4.69, 9.17) is 51.8 Å². The number of carbonyl (C=O) groups is 1. The normalized spacial score (nSPS) is 26.0. The van der Waals surface area contributed by atoms with Gasteiger partial charge < -0.3 is 56.9 Å². The number of hydrogen-bond donors (Lipinski definition) is 1. The highest BCUT2D eigenvalue weighted by molar-refractivity contribution is 6.99. The van der Waals surface area contributed by atoms with Gasteiger partial charge >= 0.3 is 5.97 Å². The van der Waals surface area contributed by atoms with Gasteiger partial charge in [0.05, 0.1) is 53.9 Å². The van der Waals surface area contributed by atoms with E-state index < -0.39 is 75.0 Å². The summed E-state index contributed by atoms with van der Waals surface area (Å²) in [5.41, 5.74) is 0.468. The third-order valence-electron chi connectivity index (χ3n) is 13.3. The first-order valence-corrected chi connectivity index (χ1v) is 25.5. The molecule has 0 aromatic heterocycles. The van der Waals surface area contributed by atoms with Crippen LogP contribution in [-0.4, -0.2) is 115 Å². The fourth-order valence-corrected chi connectivity index (χ4v) is 14.1. The molecule has 0 spiro atoms. The highest BCUT2D eigenvalue weighted by Crippen LogP contribution is 2.41. The Bertz CT molecular complexity index is 2340. The van der Waals surface area contributed by atoms with Gasteiger partial charge in [0.25, 0.3) is 8.32 Å². The largest absolute Gasteiger partial charge is 0.497 e. The minimum absolute atomic E-state index is 0.0398. The maximum Gasteiger partial charge on any atom is 0.345 e. The summed E-state index contributed by atoms with van der Waals surface area (Å²) in [5, 5.41) is 13.8. The minimum atomic E-state index is -3.18. The van der Waals surface area contributed by atoms with Gasteiger partial charge in [0.15, 0.2) is 6.29 Å². The maximum atomic E-state index is 13.8. The molecule has 0 bridgehead atoms. The zero-order valence-corrected chi connectivity index (χ0v) is 42.4. The van der Waals surface area contributed by atoms with Crippen molar-refractivity contribution in [2.45, 2.75) is 113 Å². The fourth-order valence-electron chi connectivity index (χ4n) is 9.56. The van der Waals surface area contributed by atoms with Gasteiger partial charge in [-0.05, 0) is 69.4 Å². The SMILES string of the molecule is C=CC1(C(=O)OC)O[C@@H](O[C@@H]2C(CO[Si](c3ccccc3)(c3ccccc3)C(C)(C)C)O[C@H](C)C(OCc3ccc(OC)cc3)[C@@H]2OCc2ccc(OC)cc2)C(OCc2ccccc2)[C@@H](OC)[C@@H]1O. The van der Waals surface area contributed by atoms with Crippen molar-refractivity contribution in [1.82, 2.24) is 0 Å². The molecule has 13 nitrogen and oxygen atoms in total. The molecule has 374 valence electrons. The summed E-state index contributed by atoms with van der Waals surface area (Å²) in [6, 6.07) is 45.5. The number of methoxy groups -OCH3 is 4. The molecule has 5 aromatic carbocycles. The van der Waals surface area contributed by atoms with Gasteiger partial charge in [0.2, 0.25) is 5.60 Å². The number of benzene rings is 5. The third-order valence-corrected chi connectivity index (χ3v) is 18.3. The van der Waals surface area contributed by atoms with Crippen LogP contribution in [0.25, 0.3) is 0 Å². The Morgan fingerprint density at radius 1 is 0.657 bits per heavy atom. The second-order valence-electron chi connectivity index (χ2n) is 18.6. The van der Waals surface area contributed by atoms with Crippen LogP contribution in [0.15, 0.2) is 152 Å². The first-order chi connectivity index (χ1) is 33.8. The molecular weight excluding hydrogens is 909 g/mol. The first kappa shape index (κ1) is 52.6. The van der Waals surface area contributed by atoms with Gasteiger partial charge in [0.1, 0.15) is 54.2 Å². The molecule has 10 atom stereocenters. The smallest absolute Gasteiger partial charge is 0.345 e. The van der Waals surface area contributed by atoms with E-state index >= 15 is 0 Å².